The molecule has 0 aliphatic carbocycles. The zero-order chi connectivity index (χ0) is 12.9. The zero-order valence-corrected chi connectivity index (χ0v) is 10.2. The van der Waals surface area contributed by atoms with Crippen LogP contribution in [0.2, 0.25) is 0 Å². The predicted molar refractivity (Wildman–Crippen MR) is 62.7 cm³/mol. The van der Waals surface area contributed by atoms with Gasteiger partial charge >= 0.3 is 6.09 Å². The van der Waals surface area contributed by atoms with E-state index in [4.69, 9.17) is 4.74 Å². The lowest BCUT2D eigenvalue weighted by Crippen LogP contribution is -2.32. The topological polar surface area (TPSA) is 68.3 Å². The van der Waals surface area contributed by atoms with Crippen LogP contribution in [0.25, 0.3) is 0 Å². The van der Waals surface area contributed by atoms with Crippen molar-refractivity contribution >= 4 is 12.4 Å². The first-order chi connectivity index (χ1) is 7.90. The van der Waals surface area contributed by atoms with Crippen LogP contribution in [-0.4, -0.2) is 23.0 Å². The van der Waals surface area contributed by atoms with Gasteiger partial charge in [0.25, 0.3) is 0 Å². The standard InChI is InChI=1S/C12H16N2O3/c1-12(2,3)17-11(16)14-7-9-4-10(8-15)6-13-5-9/h4-6,8H,7H2,1-3H3,(H,14,16). The summed E-state index contributed by atoms with van der Waals surface area (Å²) in [5.74, 6) is 0. The Balaban J connectivity index is 2.50. The van der Waals surface area contributed by atoms with Crippen molar-refractivity contribution in [2.45, 2.75) is 32.9 Å². The summed E-state index contributed by atoms with van der Waals surface area (Å²) in [4.78, 5) is 25.8. The number of alkyl carbamates (subject to hydrolysis) is 1. The van der Waals surface area contributed by atoms with E-state index in [1.807, 2.05) is 0 Å². The maximum absolute atomic E-state index is 11.4. The summed E-state index contributed by atoms with van der Waals surface area (Å²) in [5.41, 5.74) is 0.710. The van der Waals surface area contributed by atoms with Crippen molar-refractivity contribution in [2.24, 2.45) is 0 Å². The molecule has 1 N–H and O–H groups in total. The fourth-order valence-electron chi connectivity index (χ4n) is 1.16. The number of aldehydes is 1. The van der Waals surface area contributed by atoms with Crippen molar-refractivity contribution < 1.29 is 14.3 Å². The first-order valence-electron chi connectivity index (χ1n) is 5.26. The van der Waals surface area contributed by atoms with E-state index in [9.17, 15) is 9.59 Å². The molecule has 0 unspecified atom stereocenters. The highest BCUT2D eigenvalue weighted by molar-refractivity contribution is 5.74. The van der Waals surface area contributed by atoms with Gasteiger partial charge in [-0.15, -0.1) is 0 Å². The number of hydrogen-bond donors (Lipinski definition) is 1. The Morgan fingerprint density at radius 2 is 2.18 bits per heavy atom. The number of ether oxygens (including phenoxy) is 1. The fraction of sp³-hybridized carbons (Fsp3) is 0.417. The molecule has 1 aromatic rings. The third-order valence-corrected chi connectivity index (χ3v) is 1.79. The Kier molecular flexibility index (Phi) is 4.20. The Labute approximate surface area is 100 Å². The number of hydrogen-bond acceptors (Lipinski definition) is 4. The minimum Gasteiger partial charge on any atom is -0.444 e. The molecule has 0 bridgehead atoms. The van der Waals surface area contributed by atoms with Crippen molar-refractivity contribution in [1.82, 2.24) is 10.3 Å². The van der Waals surface area contributed by atoms with Gasteiger partial charge in [0.15, 0.2) is 6.29 Å². The monoisotopic (exact) mass is 236 g/mol. The first-order valence-corrected chi connectivity index (χ1v) is 5.26. The van der Waals surface area contributed by atoms with Crippen LogP contribution in [0.4, 0.5) is 4.79 Å². The molecule has 1 amide bonds. The van der Waals surface area contributed by atoms with E-state index in [2.05, 4.69) is 10.3 Å². The van der Waals surface area contributed by atoms with E-state index in [1.54, 1.807) is 33.0 Å². The number of amides is 1. The number of aromatic nitrogens is 1. The molecule has 0 saturated carbocycles. The van der Waals surface area contributed by atoms with Crippen LogP contribution in [0.3, 0.4) is 0 Å². The second-order valence-electron chi connectivity index (χ2n) is 4.60. The molecule has 92 valence electrons. The van der Waals surface area contributed by atoms with Crippen molar-refractivity contribution in [3.8, 4) is 0 Å². The van der Waals surface area contributed by atoms with Crippen molar-refractivity contribution in [3.05, 3.63) is 29.6 Å². The number of nitrogens with zero attached hydrogens (tertiary/aromatic N) is 1. The molecule has 0 fully saturated rings. The van der Waals surface area contributed by atoms with E-state index < -0.39 is 11.7 Å². The molecule has 0 spiro atoms. The lowest BCUT2D eigenvalue weighted by atomic mass is 10.2. The largest absolute Gasteiger partial charge is 0.444 e. The molecule has 0 aromatic carbocycles. The van der Waals surface area contributed by atoms with Crippen LogP contribution in [0.15, 0.2) is 18.5 Å². The third-order valence-electron chi connectivity index (χ3n) is 1.79. The smallest absolute Gasteiger partial charge is 0.407 e. The molecule has 0 radical (unpaired) electrons. The highest BCUT2D eigenvalue weighted by Crippen LogP contribution is 2.07. The summed E-state index contributed by atoms with van der Waals surface area (Å²) in [6.07, 6.45) is 3.27. The summed E-state index contributed by atoms with van der Waals surface area (Å²) >= 11 is 0. The molecule has 5 heteroatoms. The summed E-state index contributed by atoms with van der Waals surface area (Å²) in [6, 6.07) is 1.66. The number of carbonyl (C=O) groups is 2. The van der Waals surface area contributed by atoms with Gasteiger partial charge in [0.1, 0.15) is 5.60 Å². The van der Waals surface area contributed by atoms with Gasteiger partial charge in [-0.25, -0.2) is 4.79 Å². The lowest BCUT2D eigenvalue weighted by molar-refractivity contribution is 0.0523. The molecular weight excluding hydrogens is 220 g/mol. The van der Waals surface area contributed by atoms with Crippen LogP contribution < -0.4 is 5.32 Å². The van der Waals surface area contributed by atoms with Gasteiger partial charge < -0.3 is 10.1 Å². The van der Waals surface area contributed by atoms with Crippen molar-refractivity contribution in [2.75, 3.05) is 0 Å². The Hall–Kier alpha value is -1.91. The van der Waals surface area contributed by atoms with E-state index in [1.165, 1.54) is 6.20 Å². The maximum Gasteiger partial charge on any atom is 0.407 e. The zero-order valence-electron chi connectivity index (χ0n) is 10.2. The number of nitrogens with one attached hydrogen (secondary N) is 1. The summed E-state index contributed by atoms with van der Waals surface area (Å²) in [7, 11) is 0. The van der Waals surface area contributed by atoms with Crippen molar-refractivity contribution in [3.63, 3.8) is 0 Å². The second kappa shape index (κ2) is 5.43. The minimum absolute atomic E-state index is 0.281. The van der Waals surface area contributed by atoms with E-state index >= 15 is 0 Å². The molecule has 0 saturated heterocycles. The van der Waals surface area contributed by atoms with Crippen molar-refractivity contribution in [1.29, 1.82) is 0 Å². The van der Waals surface area contributed by atoms with Crippen LogP contribution in [0.1, 0.15) is 36.7 Å². The van der Waals surface area contributed by atoms with Gasteiger partial charge in [0, 0.05) is 24.5 Å². The average molecular weight is 236 g/mol. The molecule has 0 atom stereocenters. The number of pyridine rings is 1. The molecule has 0 aliphatic rings. The lowest BCUT2D eigenvalue weighted by Gasteiger charge is -2.19. The van der Waals surface area contributed by atoms with Gasteiger partial charge in [-0.1, -0.05) is 0 Å². The van der Waals surface area contributed by atoms with Gasteiger partial charge in [-0.05, 0) is 32.4 Å². The number of carbonyl (C=O) groups excluding carboxylic acids is 2. The predicted octanol–water partition coefficient (Wildman–Crippen LogP) is 1.92. The fourth-order valence-corrected chi connectivity index (χ4v) is 1.16. The second-order valence-corrected chi connectivity index (χ2v) is 4.60. The minimum atomic E-state index is -0.521. The summed E-state index contributed by atoms with van der Waals surface area (Å²) < 4.78 is 5.08. The first kappa shape index (κ1) is 13.2. The molecule has 0 aliphatic heterocycles. The Bertz CT molecular complexity index is 410. The van der Waals surface area contributed by atoms with E-state index in [0.717, 1.165) is 5.56 Å². The Morgan fingerprint density at radius 3 is 2.76 bits per heavy atom. The third kappa shape index (κ3) is 5.10. The van der Waals surface area contributed by atoms with E-state index in [0.29, 0.717) is 11.8 Å². The molecule has 5 nitrogen and oxygen atoms in total. The van der Waals surface area contributed by atoms with Gasteiger partial charge in [0.05, 0.1) is 0 Å². The van der Waals surface area contributed by atoms with Gasteiger partial charge in [-0.2, -0.15) is 0 Å². The summed E-state index contributed by atoms with van der Waals surface area (Å²) in [6.45, 7) is 5.66. The van der Waals surface area contributed by atoms with Crippen LogP contribution in [0, 0.1) is 0 Å². The molecule has 17 heavy (non-hydrogen) atoms. The van der Waals surface area contributed by atoms with Gasteiger partial charge in [-0.3, -0.25) is 9.78 Å². The highest BCUT2D eigenvalue weighted by atomic mass is 16.6. The molecule has 1 aromatic heterocycles. The quantitative estimate of drug-likeness (QED) is 0.814. The van der Waals surface area contributed by atoms with Crippen LogP contribution >= 0.6 is 0 Å². The van der Waals surface area contributed by atoms with Gasteiger partial charge in [0.2, 0.25) is 0 Å². The maximum atomic E-state index is 11.4. The molecular formula is C12H16N2O3. The average Bonchev–Trinajstić information content (AvgIpc) is 2.24. The molecule has 1 heterocycles. The summed E-state index contributed by atoms with van der Waals surface area (Å²) in [5, 5.41) is 2.59. The SMILES string of the molecule is CC(C)(C)OC(=O)NCc1cncc(C=O)c1. The van der Waals surface area contributed by atoms with Crippen LogP contribution in [-0.2, 0) is 11.3 Å². The van der Waals surface area contributed by atoms with Crippen LogP contribution in [0.5, 0.6) is 0 Å². The number of rotatable bonds is 3. The highest BCUT2D eigenvalue weighted by Gasteiger charge is 2.15. The molecule has 1 rings (SSSR count). The Morgan fingerprint density at radius 1 is 1.47 bits per heavy atom. The normalized spacial score (nSPS) is 10.8. The van der Waals surface area contributed by atoms with E-state index in [-0.39, 0.29) is 6.54 Å².